The van der Waals surface area contributed by atoms with Crippen molar-refractivity contribution in [1.29, 1.82) is 0 Å². The van der Waals surface area contributed by atoms with E-state index in [1.807, 2.05) is 77.0 Å². The smallest absolute Gasteiger partial charge is 0.254 e. The van der Waals surface area contributed by atoms with E-state index in [0.717, 1.165) is 46.9 Å². The van der Waals surface area contributed by atoms with Crippen LogP contribution in [0.5, 0.6) is 0 Å². The van der Waals surface area contributed by atoms with Crippen LogP contribution in [0.4, 0.5) is 0 Å². The number of likely N-dealkylation sites (tertiary alicyclic amines) is 1. The van der Waals surface area contributed by atoms with Crippen molar-refractivity contribution in [2.24, 2.45) is 0 Å². The number of fused-ring (bicyclic) bond motifs is 2. The molecule has 5 aromatic rings. The van der Waals surface area contributed by atoms with E-state index in [0.29, 0.717) is 12.1 Å². The lowest BCUT2D eigenvalue weighted by molar-refractivity contribution is 0.0729. The van der Waals surface area contributed by atoms with Gasteiger partial charge in [0.1, 0.15) is 5.82 Å². The maximum Gasteiger partial charge on any atom is 0.254 e. The second-order valence-electron chi connectivity index (χ2n) is 8.18. The summed E-state index contributed by atoms with van der Waals surface area (Å²) in [6, 6.07) is 21.7. The van der Waals surface area contributed by atoms with Gasteiger partial charge in [0.25, 0.3) is 5.91 Å². The Morgan fingerprint density at radius 1 is 1.00 bits per heavy atom. The molecule has 1 atom stereocenters. The highest BCUT2D eigenvalue weighted by atomic mass is 16.2. The van der Waals surface area contributed by atoms with Crippen molar-refractivity contribution in [3.8, 4) is 5.69 Å². The average Bonchev–Trinajstić information content (AvgIpc) is 3.54. The fraction of sp³-hybridized carbons (Fsp3) is 0.200. The summed E-state index contributed by atoms with van der Waals surface area (Å²) in [5.41, 5.74) is 4.32. The van der Waals surface area contributed by atoms with E-state index in [9.17, 15) is 4.79 Å². The Balaban J connectivity index is 1.36. The first-order valence-electron chi connectivity index (χ1n) is 10.9. The third-order valence-electron chi connectivity index (χ3n) is 6.24. The predicted molar refractivity (Wildman–Crippen MR) is 122 cm³/mol. The molecule has 7 nitrogen and oxygen atoms in total. The maximum atomic E-state index is 13.5. The van der Waals surface area contributed by atoms with Gasteiger partial charge in [-0.2, -0.15) is 0 Å². The van der Waals surface area contributed by atoms with Crippen molar-refractivity contribution in [1.82, 2.24) is 29.0 Å². The molecule has 158 valence electrons. The van der Waals surface area contributed by atoms with Crippen molar-refractivity contribution in [3.05, 3.63) is 90.1 Å². The average molecular weight is 422 g/mol. The quantitative estimate of drug-likeness (QED) is 0.433. The molecule has 0 saturated carbocycles. The summed E-state index contributed by atoms with van der Waals surface area (Å²) < 4.78 is 4.09. The number of aryl methyl sites for hydroxylation is 1. The lowest BCUT2D eigenvalue weighted by Crippen LogP contribution is -2.31. The molecule has 0 spiro atoms. The second kappa shape index (κ2) is 7.30. The monoisotopic (exact) mass is 422 g/mol. The highest BCUT2D eigenvalue weighted by molar-refractivity contribution is 5.98. The Labute approximate surface area is 184 Å². The number of nitrogens with zero attached hydrogens (tertiary/aromatic N) is 6. The molecule has 0 aliphatic carbocycles. The largest absolute Gasteiger partial charge is 0.328 e. The minimum atomic E-state index is -0.0841. The number of aromatic nitrogens is 5. The molecule has 6 rings (SSSR count). The van der Waals surface area contributed by atoms with Crippen molar-refractivity contribution in [2.45, 2.75) is 25.8 Å². The number of para-hydroxylation sites is 1. The van der Waals surface area contributed by atoms with Crippen molar-refractivity contribution < 1.29 is 4.79 Å². The van der Waals surface area contributed by atoms with Gasteiger partial charge in [-0.3, -0.25) is 13.8 Å². The number of rotatable bonds is 3. The van der Waals surface area contributed by atoms with Crippen LogP contribution in [-0.2, 0) is 0 Å². The van der Waals surface area contributed by atoms with E-state index in [2.05, 4.69) is 26.9 Å². The van der Waals surface area contributed by atoms with Crippen LogP contribution in [0, 0.1) is 6.92 Å². The molecule has 1 saturated heterocycles. The Hall–Kier alpha value is -4.00. The topological polar surface area (TPSA) is 68.3 Å². The molecule has 3 aromatic heterocycles. The first kappa shape index (κ1) is 18.7. The number of carbonyl (C=O) groups is 1. The molecule has 0 N–H and O–H groups in total. The molecule has 0 unspecified atom stereocenters. The summed E-state index contributed by atoms with van der Waals surface area (Å²) in [6.07, 6.45) is 3.78. The summed E-state index contributed by atoms with van der Waals surface area (Å²) in [5, 5.41) is 8.68. The van der Waals surface area contributed by atoms with E-state index in [1.54, 1.807) is 0 Å². The lowest BCUT2D eigenvalue weighted by atomic mass is 10.1. The summed E-state index contributed by atoms with van der Waals surface area (Å²) in [5.74, 6) is 1.72. The predicted octanol–water partition coefficient (Wildman–Crippen LogP) is 4.35. The molecule has 32 heavy (non-hydrogen) atoms. The highest BCUT2D eigenvalue weighted by Crippen LogP contribution is 2.33. The van der Waals surface area contributed by atoms with Crippen molar-refractivity contribution >= 4 is 22.6 Å². The Kier molecular flexibility index (Phi) is 4.28. The van der Waals surface area contributed by atoms with Crippen LogP contribution < -0.4 is 0 Å². The number of hydrogen-bond acceptors (Lipinski definition) is 4. The van der Waals surface area contributed by atoms with E-state index >= 15 is 0 Å². The number of carbonyl (C=O) groups excluding carboxylic acids is 1. The van der Waals surface area contributed by atoms with Gasteiger partial charge in [0.2, 0.25) is 0 Å². The number of benzene rings is 2. The number of imidazole rings is 1. The SMILES string of the molecule is Cc1nc2cc(C(=O)N3CCC[C@@H]3c3nnc4ccccn34)ccc2n1-c1ccccc1. The van der Waals surface area contributed by atoms with Gasteiger partial charge < -0.3 is 4.90 Å². The summed E-state index contributed by atoms with van der Waals surface area (Å²) in [4.78, 5) is 20.2. The summed E-state index contributed by atoms with van der Waals surface area (Å²) >= 11 is 0. The van der Waals surface area contributed by atoms with Crippen LogP contribution in [0.2, 0.25) is 0 Å². The van der Waals surface area contributed by atoms with Crippen LogP contribution in [0.3, 0.4) is 0 Å². The Morgan fingerprint density at radius 2 is 1.84 bits per heavy atom. The normalized spacial score (nSPS) is 16.3. The minimum absolute atomic E-state index is 0.00833. The van der Waals surface area contributed by atoms with Gasteiger partial charge in [0, 0.05) is 24.0 Å². The molecular formula is C25H22N6O. The maximum absolute atomic E-state index is 13.5. The lowest BCUT2D eigenvalue weighted by Gasteiger charge is -2.23. The zero-order chi connectivity index (χ0) is 21.7. The van der Waals surface area contributed by atoms with Gasteiger partial charge in [0.15, 0.2) is 11.5 Å². The van der Waals surface area contributed by atoms with E-state index in [4.69, 9.17) is 4.98 Å². The van der Waals surface area contributed by atoms with Crippen LogP contribution in [-0.4, -0.2) is 41.5 Å². The van der Waals surface area contributed by atoms with E-state index < -0.39 is 0 Å². The Morgan fingerprint density at radius 3 is 2.72 bits per heavy atom. The molecule has 7 heteroatoms. The number of pyridine rings is 1. The van der Waals surface area contributed by atoms with Crippen LogP contribution in [0.1, 0.15) is 40.9 Å². The zero-order valence-corrected chi connectivity index (χ0v) is 17.7. The highest BCUT2D eigenvalue weighted by Gasteiger charge is 2.34. The van der Waals surface area contributed by atoms with E-state index in [1.165, 1.54) is 0 Å². The second-order valence-corrected chi connectivity index (χ2v) is 8.18. The third-order valence-corrected chi connectivity index (χ3v) is 6.24. The molecular weight excluding hydrogens is 400 g/mol. The molecule has 0 radical (unpaired) electrons. The Bertz CT molecular complexity index is 1450. The first-order chi connectivity index (χ1) is 15.7. The number of amides is 1. The molecule has 4 heterocycles. The fourth-order valence-electron chi connectivity index (χ4n) is 4.77. The van der Waals surface area contributed by atoms with Crippen LogP contribution >= 0.6 is 0 Å². The standard InChI is InChI=1S/C25H22N6O/c1-17-26-20-16-18(12-13-21(20)31(17)19-8-3-2-4-9-19)25(32)29-15-7-10-22(29)24-28-27-23-11-5-6-14-30(23)24/h2-6,8-9,11-14,16,22H,7,10,15H2,1H3/t22-/m1/s1. The molecule has 0 bridgehead atoms. The van der Waals surface area contributed by atoms with Crippen molar-refractivity contribution in [2.75, 3.05) is 6.54 Å². The van der Waals surface area contributed by atoms with E-state index in [-0.39, 0.29) is 11.9 Å². The third kappa shape index (κ3) is 2.89. The molecule has 1 amide bonds. The summed E-state index contributed by atoms with van der Waals surface area (Å²) in [7, 11) is 0. The number of hydrogen-bond donors (Lipinski definition) is 0. The van der Waals surface area contributed by atoms with Gasteiger partial charge >= 0.3 is 0 Å². The molecule has 1 fully saturated rings. The first-order valence-corrected chi connectivity index (χ1v) is 10.9. The van der Waals surface area contributed by atoms with Gasteiger partial charge in [-0.1, -0.05) is 24.3 Å². The van der Waals surface area contributed by atoms with Gasteiger partial charge in [-0.05, 0) is 62.2 Å². The summed E-state index contributed by atoms with van der Waals surface area (Å²) in [6.45, 7) is 2.70. The van der Waals surface area contributed by atoms with Gasteiger partial charge in [0.05, 0.1) is 17.1 Å². The van der Waals surface area contributed by atoms with Gasteiger partial charge in [-0.15, -0.1) is 10.2 Å². The molecule has 1 aliphatic rings. The van der Waals surface area contributed by atoms with Gasteiger partial charge in [-0.25, -0.2) is 4.98 Å². The minimum Gasteiger partial charge on any atom is -0.328 e. The van der Waals surface area contributed by atoms with Crippen LogP contribution in [0.15, 0.2) is 72.9 Å². The van der Waals surface area contributed by atoms with Crippen LogP contribution in [0.25, 0.3) is 22.4 Å². The van der Waals surface area contributed by atoms with Crippen molar-refractivity contribution in [3.63, 3.8) is 0 Å². The molecule has 2 aromatic carbocycles. The fourth-order valence-corrected chi connectivity index (χ4v) is 4.77. The zero-order valence-electron chi connectivity index (χ0n) is 17.7. The molecule has 1 aliphatic heterocycles.